The molecule has 0 saturated carbocycles. The molecule has 6 heterocycles. The molecule has 228 valence electrons. The van der Waals surface area contributed by atoms with Crippen LogP contribution < -0.4 is 0 Å². The molecule has 49 heavy (non-hydrogen) atoms. The van der Waals surface area contributed by atoms with E-state index in [1.807, 2.05) is 24.8 Å². The highest BCUT2D eigenvalue weighted by Gasteiger charge is 2.18. The molecular formula is C43H25N5S. The van der Waals surface area contributed by atoms with E-state index in [2.05, 4.69) is 146 Å². The van der Waals surface area contributed by atoms with Gasteiger partial charge in [-0.2, -0.15) is 0 Å². The average Bonchev–Trinajstić information content (AvgIpc) is 3.81. The summed E-state index contributed by atoms with van der Waals surface area (Å²) >= 11 is 1.80. The fourth-order valence-corrected chi connectivity index (χ4v) is 8.78. The van der Waals surface area contributed by atoms with Crippen LogP contribution in [0.25, 0.3) is 97.3 Å². The SMILES string of the molecule is c1ccc2c(c1)sc1cc3cc(-c4cc(-n5c6ccccc6c6cnccc65)cc(-n5c6ccccc6c6cnccc65)c4)ccc3nc12. The van der Waals surface area contributed by atoms with Crippen molar-refractivity contribution in [2.24, 2.45) is 0 Å². The van der Waals surface area contributed by atoms with Gasteiger partial charge in [0.25, 0.3) is 0 Å². The highest BCUT2D eigenvalue weighted by molar-refractivity contribution is 7.25. The second-order valence-electron chi connectivity index (χ2n) is 12.6. The summed E-state index contributed by atoms with van der Waals surface area (Å²) in [6.07, 6.45) is 7.72. The summed E-state index contributed by atoms with van der Waals surface area (Å²) in [5.41, 5.74) is 11.1. The standard InChI is InChI=1S/C43H25N5S/c1-4-10-37-31(7-1)34-24-44-17-15-39(34)47(37)29-20-27(21-30(23-29)48-38-11-5-2-8-32(38)35-25-45-18-16-40(35)48)26-13-14-36-28(19-26)22-42-43(46-36)33-9-3-6-12-41(33)49-42/h1-25H. The van der Waals surface area contributed by atoms with Gasteiger partial charge in [0.1, 0.15) is 0 Å². The van der Waals surface area contributed by atoms with Gasteiger partial charge in [-0.25, -0.2) is 4.98 Å². The van der Waals surface area contributed by atoms with E-state index in [9.17, 15) is 0 Å². The predicted molar refractivity (Wildman–Crippen MR) is 204 cm³/mol. The van der Waals surface area contributed by atoms with Crippen molar-refractivity contribution in [3.05, 3.63) is 152 Å². The maximum Gasteiger partial charge on any atom is 0.0896 e. The lowest BCUT2D eigenvalue weighted by Crippen LogP contribution is -2.00. The Morgan fingerprint density at radius 2 is 1.04 bits per heavy atom. The van der Waals surface area contributed by atoms with Crippen molar-refractivity contribution in [3.8, 4) is 22.5 Å². The van der Waals surface area contributed by atoms with Gasteiger partial charge >= 0.3 is 0 Å². The van der Waals surface area contributed by atoms with E-state index in [0.29, 0.717) is 0 Å². The summed E-state index contributed by atoms with van der Waals surface area (Å²) < 4.78 is 7.22. The number of pyridine rings is 3. The van der Waals surface area contributed by atoms with Crippen LogP contribution in [0.4, 0.5) is 0 Å². The molecule has 6 heteroatoms. The monoisotopic (exact) mass is 643 g/mol. The molecule has 6 aromatic heterocycles. The normalized spacial score (nSPS) is 12.1. The van der Waals surface area contributed by atoms with Gasteiger partial charge in [-0.3, -0.25) is 9.97 Å². The highest BCUT2D eigenvalue weighted by Crippen LogP contribution is 2.39. The Morgan fingerprint density at radius 3 is 1.71 bits per heavy atom. The minimum absolute atomic E-state index is 1.00. The van der Waals surface area contributed by atoms with Gasteiger partial charge in [0.2, 0.25) is 0 Å². The molecule has 0 radical (unpaired) electrons. The fourth-order valence-electron chi connectivity index (χ4n) is 7.69. The summed E-state index contributed by atoms with van der Waals surface area (Å²) in [5, 5.41) is 6.99. The zero-order chi connectivity index (χ0) is 32.1. The summed E-state index contributed by atoms with van der Waals surface area (Å²) in [6, 6.07) is 45.9. The first kappa shape index (κ1) is 26.7. The van der Waals surface area contributed by atoms with Crippen LogP contribution in [0, 0.1) is 0 Å². The van der Waals surface area contributed by atoms with Crippen LogP contribution in [0.3, 0.4) is 0 Å². The lowest BCUT2D eigenvalue weighted by atomic mass is 10.0. The number of fused-ring (bicyclic) bond motifs is 10. The fraction of sp³-hybridized carbons (Fsp3) is 0. The minimum atomic E-state index is 1.00. The molecule has 0 fully saturated rings. The van der Waals surface area contributed by atoms with Gasteiger partial charge in [-0.15, -0.1) is 11.3 Å². The number of nitrogens with zero attached hydrogens (tertiary/aromatic N) is 5. The minimum Gasteiger partial charge on any atom is -0.309 e. The van der Waals surface area contributed by atoms with E-state index in [0.717, 1.165) is 71.8 Å². The Bertz CT molecular complexity index is 2890. The van der Waals surface area contributed by atoms with Crippen LogP contribution in [-0.4, -0.2) is 24.1 Å². The molecule has 11 rings (SSSR count). The Hall–Kier alpha value is -6.37. The number of hydrogen-bond donors (Lipinski definition) is 0. The molecule has 0 bridgehead atoms. The quantitative estimate of drug-likeness (QED) is 0.192. The van der Waals surface area contributed by atoms with Crippen molar-refractivity contribution >= 4 is 86.2 Å². The predicted octanol–water partition coefficient (Wildman–Crippen LogP) is 11.3. The lowest BCUT2D eigenvalue weighted by molar-refractivity contribution is 1.13. The Labute approximate surface area is 284 Å². The first-order chi connectivity index (χ1) is 24.3. The molecule has 5 aromatic carbocycles. The largest absolute Gasteiger partial charge is 0.309 e. The van der Waals surface area contributed by atoms with Gasteiger partial charge < -0.3 is 9.13 Å². The number of rotatable bonds is 3. The van der Waals surface area contributed by atoms with E-state index >= 15 is 0 Å². The molecule has 0 amide bonds. The Kier molecular flexibility index (Phi) is 5.48. The van der Waals surface area contributed by atoms with Gasteiger partial charge in [0.15, 0.2) is 0 Å². The van der Waals surface area contributed by atoms with E-state index < -0.39 is 0 Å². The van der Waals surface area contributed by atoms with Crippen molar-refractivity contribution < 1.29 is 0 Å². The molecule has 5 nitrogen and oxygen atoms in total. The molecule has 0 atom stereocenters. The van der Waals surface area contributed by atoms with Crippen molar-refractivity contribution in [2.75, 3.05) is 0 Å². The maximum atomic E-state index is 5.14. The topological polar surface area (TPSA) is 48.5 Å². The van der Waals surface area contributed by atoms with Crippen LogP contribution in [0.2, 0.25) is 0 Å². The van der Waals surface area contributed by atoms with E-state index in [1.165, 1.54) is 25.6 Å². The Morgan fingerprint density at radius 1 is 0.449 bits per heavy atom. The molecule has 0 N–H and O–H groups in total. The van der Waals surface area contributed by atoms with E-state index in [4.69, 9.17) is 4.98 Å². The lowest BCUT2D eigenvalue weighted by Gasteiger charge is -2.16. The van der Waals surface area contributed by atoms with E-state index in [-0.39, 0.29) is 0 Å². The first-order valence-electron chi connectivity index (χ1n) is 16.3. The van der Waals surface area contributed by atoms with Crippen LogP contribution >= 0.6 is 11.3 Å². The zero-order valence-electron chi connectivity index (χ0n) is 26.1. The number of benzene rings is 5. The number of hydrogen-bond acceptors (Lipinski definition) is 4. The molecule has 0 aliphatic carbocycles. The second kappa shape index (κ2) is 10.1. The summed E-state index contributed by atoms with van der Waals surface area (Å²) in [4.78, 5) is 14.1. The summed E-state index contributed by atoms with van der Waals surface area (Å²) in [6.45, 7) is 0. The molecule has 0 unspecified atom stereocenters. The average molecular weight is 644 g/mol. The molecule has 0 spiro atoms. The third-order valence-corrected chi connectivity index (χ3v) is 10.9. The number of thiophene rings is 1. The number of aromatic nitrogens is 5. The third-order valence-electron chi connectivity index (χ3n) is 9.84. The highest BCUT2D eigenvalue weighted by atomic mass is 32.1. The smallest absolute Gasteiger partial charge is 0.0896 e. The van der Waals surface area contributed by atoms with Crippen LogP contribution in [0.5, 0.6) is 0 Å². The molecule has 11 aromatic rings. The van der Waals surface area contributed by atoms with Crippen molar-refractivity contribution in [2.45, 2.75) is 0 Å². The third kappa shape index (κ3) is 3.89. The van der Waals surface area contributed by atoms with Gasteiger partial charge in [-0.1, -0.05) is 60.7 Å². The first-order valence-corrected chi connectivity index (χ1v) is 17.1. The second-order valence-corrected chi connectivity index (χ2v) is 13.7. The summed E-state index contributed by atoms with van der Waals surface area (Å²) in [7, 11) is 0. The van der Waals surface area contributed by atoms with Gasteiger partial charge in [-0.05, 0) is 77.9 Å². The van der Waals surface area contributed by atoms with Crippen molar-refractivity contribution in [1.29, 1.82) is 0 Å². The van der Waals surface area contributed by atoms with Crippen LogP contribution in [0.15, 0.2) is 152 Å². The molecule has 0 aliphatic rings. The molecular weight excluding hydrogens is 619 g/mol. The van der Waals surface area contributed by atoms with Crippen LogP contribution in [-0.2, 0) is 0 Å². The van der Waals surface area contributed by atoms with Gasteiger partial charge in [0, 0.05) is 73.2 Å². The van der Waals surface area contributed by atoms with Crippen LogP contribution in [0.1, 0.15) is 0 Å². The zero-order valence-corrected chi connectivity index (χ0v) is 26.9. The van der Waals surface area contributed by atoms with Crippen molar-refractivity contribution in [3.63, 3.8) is 0 Å². The Balaban J connectivity index is 1.21. The van der Waals surface area contributed by atoms with Crippen molar-refractivity contribution in [1.82, 2.24) is 24.1 Å². The molecule has 0 saturated heterocycles. The summed E-state index contributed by atoms with van der Waals surface area (Å²) in [5.74, 6) is 0. The van der Waals surface area contributed by atoms with E-state index in [1.54, 1.807) is 11.3 Å². The maximum absolute atomic E-state index is 5.14. The number of para-hydroxylation sites is 2. The van der Waals surface area contributed by atoms with Gasteiger partial charge in [0.05, 0.1) is 37.8 Å². The molecule has 0 aliphatic heterocycles.